The van der Waals surface area contributed by atoms with Crippen LogP contribution in [0.5, 0.6) is 0 Å². The van der Waals surface area contributed by atoms with E-state index in [1.54, 1.807) is 0 Å². The van der Waals surface area contributed by atoms with E-state index in [0.717, 1.165) is 55.1 Å². The topological polar surface area (TPSA) is 43.6 Å². The molecule has 0 fully saturated rings. The average molecular weight is 509 g/mol. The van der Waals surface area contributed by atoms with Gasteiger partial charge in [0.05, 0.1) is 23.1 Å². The number of benzene rings is 4. The molecule has 0 N–H and O–H groups in total. The molecule has 2 heterocycles. The Morgan fingerprint density at radius 1 is 0.636 bits per heavy atom. The Morgan fingerprint density at radius 2 is 1.24 bits per heavy atom. The number of nitrogens with zero attached hydrogens (tertiary/aromatic N) is 4. The van der Waals surface area contributed by atoms with Crippen LogP contribution in [0.15, 0.2) is 108 Å². The molecular formula is C27H17BrN4S. The zero-order chi connectivity index (χ0) is 22.2. The van der Waals surface area contributed by atoms with E-state index in [-0.39, 0.29) is 0 Å². The summed E-state index contributed by atoms with van der Waals surface area (Å²) in [5.74, 6) is 0.837. The highest BCUT2D eigenvalue weighted by atomic mass is 79.9. The molecule has 2 aromatic heterocycles. The third-order valence-corrected chi connectivity index (χ3v) is 6.76. The molecule has 0 saturated carbocycles. The monoisotopic (exact) mass is 508 g/mol. The second kappa shape index (κ2) is 8.39. The minimum atomic E-state index is 0.837. The average Bonchev–Trinajstić information content (AvgIpc) is 3.52. The molecule has 6 aromatic rings. The van der Waals surface area contributed by atoms with Crippen LogP contribution in [0.1, 0.15) is 0 Å². The maximum Gasteiger partial charge on any atom is 0.148 e. The Hall–Kier alpha value is -3.61. The Balaban J connectivity index is 1.76. The maximum atomic E-state index is 5.25. The van der Waals surface area contributed by atoms with Crippen LogP contribution in [-0.4, -0.2) is 18.3 Å². The fraction of sp³-hybridized carbons (Fsp3) is 0. The van der Waals surface area contributed by atoms with Crippen LogP contribution in [0, 0.1) is 0 Å². The molecule has 0 spiro atoms. The van der Waals surface area contributed by atoms with Crippen molar-refractivity contribution >= 4 is 38.7 Å². The van der Waals surface area contributed by atoms with E-state index in [9.17, 15) is 0 Å². The smallest absolute Gasteiger partial charge is 0.148 e. The van der Waals surface area contributed by atoms with Crippen molar-refractivity contribution < 1.29 is 0 Å². The summed E-state index contributed by atoms with van der Waals surface area (Å²) in [6.45, 7) is 0. The maximum absolute atomic E-state index is 5.25. The molecular weight excluding hydrogens is 492 g/mol. The van der Waals surface area contributed by atoms with E-state index in [0.29, 0.717) is 0 Å². The van der Waals surface area contributed by atoms with Gasteiger partial charge in [-0.05, 0) is 40.2 Å². The Morgan fingerprint density at radius 3 is 1.94 bits per heavy atom. The van der Waals surface area contributed by atoms with Crippen molar-refractivity contribution in [2.75, 3.05) is 0 Å². The van der Waals surface area contributed by atoms with Crippen molar-refractivity contribution in [3.05, 3.63) is 108 Å². The molecule has 0 saturated heterocycles. The third kappa shape index (κ3) is 3.48. The van der Waals surface area contributed by atoms with Gasteiger partial charge in [0.1, 0.15) is 16.9 Å². The third-order valence-electron chi connectivity index (χ3n) is 5.59. The van der Waals surface area contributed by atoms with Crippen molar-refractivity contribution in [1.82, 2.24) is 18.3 Å². The summed E-state index contributed by atoms with van der Waals surface area (Å²) in [6, 6.07) is 35.2. The van der Waals surface area contributed by atoms with Gasteiger partial charge in [0.15, 0.2) is 0 Å². The molecule has 0 unspecified atom stereocenters. The van der Waals surface area contributed by atoms with Gasteiger partial charge in [0.2, 0.25) is 0 Å². The number of aromatic nitrogens is 4. The minimum absolute atomic E-state index is 0.837. The number of halogens is 1. The first-order chi connectivity index (χ1) is 16.3. The molecule has 6 rings (SSSR count). The van der Waals surface area contributed by atoms with Crippen molar-refractivity contribution in [3.63, 3.8) is 0 Å². The predicted molar refractivity (Wildman–Crippen MR) is 139 cm³/mol. The van der Waals surface area contributed by atoms with Crippen molar-refractivity contribution in [1.29, 1.82) is 0 Å². The van der Waals surface area contributed by atoms with E-state index >= 15 is 0 Å². The lowest BCUT2D eigenvalue weighted by Crippen LogP contribution is -2.00. The van der Waals surface area contributed by atoms with Gasteiger partial charge in [0, 0.05) is 26.9 Å². The van der Waals surface area contributed by atoms with E-state index < -0.39 is 0 Å². The number of para-hydroxylation sites is 1. The summed E-state index contributed by atoms with van der Waals surface area (Å²) in [5.41, 5.74) is 7.83. The van der Waals surface area contributed by atoms with Gasteiger partial charge in [-0.2, -0.15) is 8.75 Å². The Labute approximate surface area is 203 Å². The molecule has 0 aliphatic heterocycles. The number of hydrogen-bond donors (Lipinski definition) is 0. The molecule has 0 radical (unpaired) electrons. The van der Waals surface area contributed by atoms with Gasteiger partial charge >= 0.3 is 0 Å². The first-order valence-corrected chi connectivity index (χ1v) is 12.0. The van der Waals surface area contributed by atoms with Crippen LogP contribution >= 0.6 is 27.7 Å². The minimum Gasteiger partial charge on any atom is -0.292 e. The van der Waals surface area contributed by atoms with Crippen molar-refractivity contribution in [2.45, 2.75) is 0 Å². The first kappa shape index (κ1) is 20.0. The highest BCUT2D eigenvalue weighted by Gasteiger charge is 2.24. The SMILES string of the molecule is Brc1ccc(-c2nc(-c3ccccc3)c(-c3ccccc3)n2-c2ccccc2)c2nsnc12. The largest absolute Gasteiger partial charge is 0.292 e. The lowest BCUT2D eigenvalue weighted by Gasteiger charge is -2.14. The summed E-state index contributed by atoms with van der Waals surface area (Å²) < 4.78 is 12.3. The fourth-order valence-electron chi connectivity index (χ4n) is 4.11. The summed E-state index contributed by atoms with van der Waals surface area (Å²) >= 11 is 4.83. The normalized spacial score (nSPS) is 11.2. The highest BCUT2D eigenvalue weighted by Crippen LogP contribution is 2.40. The van der Waals surface area contributed by atoms with E-state index in [4.69, 9.17) is 4.98 Å². The number of imidazole rings is 1. The molecule has 0 aliphatic rings. The molecule has 0 atom stereocenters. The number of hydrogen-bond acceptors (Lipinski definition) is 4. The molecule has 4 aromatic carbocycles. The van der Waals surface area contributed by atoms with Gasteiger partial charge in [0.25, 0.3) is 0 Å². The number of fused-ring (bicyclic) bond motifs is 1. The lowest BCUT2D eigenvalue weighted by molar-refractivity contribution is 1.07. The highest BCUT2D eigenvalue weighted by molar-refractivity contribution is 9.10. The standard InChI is InChI=1S/C27H17BrN4S/c28-22-17-16-21(24-25(22)31-33-30-24)27-29-23(18-10-4-1-5-11-18)26(19-12-6-2-7-13-19)32(27)20-14-8-3-9-15-20/h1-17H. The summed E-state index contributed by atoms with van der Waals surface area (Å²) in [4.78, 5) is 5.25. The fourth-order valence-corrected chi connectivity index (χ4v) is 5.21. The van der Waals surface area contributed by atoms with Gasteiger partial charge in [-0.1, -0.05) is 78.9 Å². The Bertz CT molecular complexity index is 1560. The van der Waals surface area contributed by atoms with E-state index in [1.165, 1.54) is 11.7 Å². The van der Waals surface area contributed by atoms with Crippen LogP contribution in [0.4, 0.5) is 0 Å². The zero-order valence-corrected chi connectivity index (χ0v) is 19.8. The van der Waals surface area contributed by atoms with Gasteiger partial charge in [-0.15, -0.1) is 0 Å². The van der Waals surface area contributed by atoms with Crippen LogP contribution in [0.25, 0.3) is 50.6 Å². The molecule has 33 heavy (non-hydrogen) atoms. The Kier molecular flexibility index (Phi) is 5.09. The molecule has 6 heteroatoms. The molecule has 0 aliphatic carbocycles. The van der Waals surface area contributed by atoms with Crippen LogP contribution in [0.2, 0.25) is 0 Å². The quantitative estimate of drug-likeness (QED) is 0.245. The summed E-state index contributed by atoms with van der Waals surface area (Å²) in [5, 5.41) is 0. The molecule has 4 nitrogen and oxygen atoms in total. The van der Waals surface area contributed by atoms with Gasteiger partial charge < -0.3 is 0 Å². The summed E-state index contributed by atoms with van der Waals surface area (Å²) in [6.07, 6.45) is 0. The molecule has 158 valence electrons. The van der Waals surface area contributed by atoms with Crippen LogP contribution in [0.3, 0.4) is 0 Å². The van der Waals surface area contributed by atoms with Gasteiger partial charge in [-0.25, -0.2) is 4.98 Å². The zero-order valence-electron chi connectivity index (χ0n) is 17.4. The number of rotatable bonds is 4. The van der Waals surface area contributed by atoms with E-state index in [2.05, 4.69) is 96.0 Å². The summed E-state index contributed by atoms with van der Waals surface area (Å²) in [7, 11) is 0. The molecule has 0 bridgehead atoms. The second-order valence-corrected chi connectivity index (χ2v) is 8.97. The van der Waals surface area contributed by atoms with Gasteiger partial charge in [-0.3, -0.25) is 4.57 Å². The van der Waals surface area contributed by atoms with Crippen LogP contribution < -0.4 is 0 Å². The van der Waals surface area contributed by atoms with Crippen molar-refractivity contribution in [2.24, 2.45) is 0 Å². The molecule has 0 amide bonds. The second-order valence-electron chi connectivity index (χ2n) is 7.59. The van der Waals surface area contributed by atoms with Crippen LogP contribution in [-0.2, 0) is 0 Å². The van der Waals surface area contributed by atoms with E-state index in [1.807, 2.05) is 36.4 Å². The predicted octanol–water partition coefficient (Wildman–Crippen LogP) is 7.64. The lowest BCUT2D eigenvalue weighted by atomic mass is 10.0. The first-order valence-electron chi connectivity index (χ1n) is 10.5. The van der Waals surface area contributed by atoms with Crippen molar-refractivity contribution in [3.8, 4) is 39.6 Å².